The number of benzene rings is 2. The van der Waals surface area contributed by atoms with Crippen molar-refractivity contribution in [2.75, 3.05) is 13.2 Å². The number of thioether (sulfide) groups is 1. The molecule has 0 aliphatic carbocycles. The molecule has 1 aliphatic heterocycles. The smallest absolute Gasteiger partial charge is 0.331 e. The summed E-state index contributed by atoms with van der Waals surface area (Å²) in [5, 5.41) is 9.81. The van der Waals surface area contributed by atoms with Crippen LogP contribution in [0.25, 0.3) is 6.08 Å². The van der Waals surface area contributed by atoms with Crippen molar-refractivity contribution in [3.05, 3.63) is 63.0 Å². The van der Waals surface area contributed by atoms with Crippen molar-refractivity contribution >= 4 is 62.2 Å². The number of carboxylic acid groups (broad SMARTS) is 1. The molecule has 0 spiro atoms. The highest BCUT2D eigenvalue weighted by Gasteiger charge is 2.41. The Hall–Kier alpha value is -2.36. The monoisotopic (exact) mass is 535 g/mol. The molecule has 0 bridgehead atoms. The van der Waals surface area contributed by atoms with Crippen molar-refractivity contribution in [2.45, 2.75) is 26.3 Å². The van der Waals surface area contributed by atoms with Crippen molar-refractivity contribution in [1.29, 1.82) is 0 Å². The summed E-state index contributed by atoms with van der Waals surface area (Å²) in [6.45, 7) is 4.90. The molecule has 1 saturated heterocycles. The first kappa shape index (κ1) is 24.3. The molecule has 9 heteroatoms. The van der Waals surface area contributed by atoms with E-state index in [2.05, 4.69) is 15.9 Å². The van der Waals surface area contributed by atoms with E-state index >= 15 is 0 Å². The molecule has 1 atom stereocenters. The fourth-order valence-corrected chi connectivity index (χ4v) is 5.06. The van der Waals surface area contributed by atoms with Crippen LogP contribution >= 0.6 is 39.9 Å². The minimum atomic E-state index is -1.19. The summed E-state index contributed by atoms with van der Waals surface area (Å²) in [6, 6.07) is 11.0. The van der Waals surface area contributed by atoms with Crippen molar-refractivity contribution in [3.8, 4) is 11.5 Å². The van der Waals surface area contributed by atoms with Crippen LogP contribution < -0.4 is 9.47 Å². The van der Waals surface area contributed by atoms with Crippen LogP contribution in [-0.2, 0) is 9.59 Å². The highest BCUT2D eigenvalue weighted by Crippen LogP contribution is 2.41. The summed E-state index contributed by atoms with van der Waals surface area (Å²) in [5.74, 6) is -0.428. The summed E-state index contributed by atoms with van der Waals surface area (Å²) in [5.41, 5.74) is 1.19. The van der Waals surface area contributed by atoms with Crippen LogP contribution in [0.2, 0.25) is 0 Å². The van der Waals surface area contributed by atoms with E-state index in [-0.39, 0.29) is 4.32 Å². The highest BCUT2D eigenvalue weighted by atomic mass is 79.9. The minimum absolute atomic E-state index is 0.199. The Balaban J connectivity index is 1.95. The van der Waals surface area contributed by atoms with E-state index in [1.165, 1.54) is 0 Å². The lowest BCUT2D eigenvalue weighted by Crippen LogP contribution is -2.37. The lowest BCUT2D eigenvalue weighted by atomic mass is 10.1. The van der Waals surface area contributed by atoms with Crippen LogP contribution in [-0.4, -0.2) is 39.4 Å². The lowest BCUT2D eigenvalue weighted by Gasteiger charge is -2.23. The Labute approximate surface area is 204 Å². The summed E-state index contributed by atoms with van der Waals surface area (Å²) in [7, 11) is 0. The molecule has 0 aromatic heterocycles. The lowest BCUT2D eigenvalue weighted by molar-refractivity contribution is -0.145. The zero-order valence-electron chi connectivity index (χ0n) is 17.5. The maximum Gasteiger partial charge on any atom is 0.331 e. The van der Waals surface area contributed by atoms with Crippen LogP contribution in [0.3, 0.4) is 0 Å². The standard InChI is InChI=1S/C23H22BrNO5S2/c1-3-10-30-20-16(24)11-14(12-17(20)29-4-2)13-18-21(26)25(23(31)32-18)19(22(27)28)15-8-6-5-7-9-15/h5-9,11-13,19H,3-4,10H2,1-2H3,(H,27,28)/b18-13-. The topological polar surface area (TPSA) is 76.1 Å². The van der Waals surface area contributed by atoms with Gasteiger partial charge in [0.1, 0.15) is 4.32 Å². The van der Waals surface area contributed by atoms with E-state index in [0.717, 1.165) is 23.1 Å². The van der Waals surface area contributed by atoms with Crippen LogP contribution in [0.1, 0.15) is 37.4 Å². The van der Waals surface area contributed by atoms with Crippen LogP contribution in [0.4, 0.5) is 0 Å². The molecule has 1 N–H and O–H groups in total. The largest absolute Gasteiger partial charge is 0.490 e. The second-order valence-electron chi connectivity index (χ2n) is 6.81. The number of halogens is 1. The van der Waals surface area contributed by atoms with Gasteiger partial charge in [0.2, 0.25) is 0 Å². The predicted octanol–water partition coefficient (Wildman–Crippen LogP) is 5.66. The van der Waals surface area contributed by atoms with E-state index in [1.807, 2.05) is 19.9 Å². The average molecular weight is 536 g/mol. The van der Waals surface area contributed by atoms with Crippen LogP contribution in [0, 0.1) is 0 Å². The fourth-order valence-electron chi connectivity index (χ4n) is 3.17. The molecule has 3 rings (SSSR count). The number of nitrogens with zero attached hydrogens (tertiary/aromatic N) is 1. The summed E-state index contributed by atoms with van der Waals surface area (Å²) in [6.07, 6.45) is 2.54. The van der Waals surface area contributed by atoms with E-state index < -0.39 is 17.9 Å². The normalized spacial score (nSPS) is 15.8. The molecular weight excluding hydrogens is 514 g/mol. The Morgan fingerprint density at radius 2 is 1.97 bits per heavy atom. The van der Waals surface area contributed by atoms with E-state index in [0.29, 0.717) is 45.2 Å². The molecule has 1 aliphatic rings. The summed E-state index contributed by atoms with van der Waals surface area (Å²) in [4.78, 5) is 26.7. The maximum atomic E-state index is 13.2. The Kier molecular flexibility index (Phi) is 8.33. The number of thiocarbonyl (C=S) groups is 1. The minimum Gasteiger partial charge on any atom is -0.490 e. The van der Waals surface area contributed by atoms with Gasteiger partial charge in [-0.3, -0.25) is 9.69 Å². The number of hydrogen-bond donors (Lipinski definition) is 1. The van der Waals surface area contributed by atoms with Gasteiger partial charge >= 0.3 is 5.97 Å². The molecule has 2 aromatic carbocycles. The Morgan fingerprint density at radius 1 is 1.25 bits per heavy atom. The zero-order valence-corrected chi connectivity index (χ0v) is 20.8. The first-order valence-corrected chi connectivity index (χ1v) is 12.0. The average Bonchev–Trinajstić information content (AvgIpc) is 3.02. The molecule has 0 saturated carbocycles. The van der Waals surface area contributed by atoms with E-state index in [4.69, 9.17) is 21.7 Å². The first-order valence-electron chi connectivity index (χ1n) is 10.0. The second kappa shape index (κ2) is 11.0. The van der Waals surface area contributed by atoms with Crippen LogP contribution in [0.15, 0.2) is 51.8 Å². The van der Waals surface area contributed by atoms with E-state index in [9.17, 15) is 14.7 Å². The summed E-state index contributed by atoms with van der Waals surface area (Å²) >= 11 is 9.98. The zero-order chi connectivity index (χ0) is 23.3. The molecule has 1 amide bonds. The van der Waals surface area contributed by atoms with Gasteiger partial charge in [-0.1, -0.05) is 61.2 Å². The highest BCUT2D eigenvalue weighted by molar-refractivity contribution is 9.10. The van der Waals surface area contributed by atoms with Gasteiger partial charge in [-0.2, -0.15) is 0 Å². The SMILES string of the molecule is CCCOc1c(Br)cc(/C=C2\SC(=S)N(C(C(=O)O)c3ccccc3)C2=O)cc1OCC. The number of hydrogen-bond acceptors (Lipinski definition) is 6. The van der Waals surface area contributed by atoms with Crippen LogP contribution in [0.5, 0.6) is 11.5 Å². The number of rotatable bonds is 9. The van der Waals surface area contributed by atoms with Gasteiger partial charge < -0.3 is 14.6 Å². The van der Waals surface area contributed by atoms with Crippen molar-refractivity contribution in [3.63, 3.8) is 0 Å². The molecule has 1 unspecified atom stereocenters. The van der Waals surface area contributed by atoms with Crippen molar-refractivity contribution < 1.29 is 24.2 Å². The molecule has 1 heterocycles. The second-order valence-corrected chi connectivity index (χ2v) is 9.34. The van der Waals surface area contributed by atoms with Gasteiger partial charge in [-0.05, 0) is 58.6 Å². The van der Waals surface area contributed by atoms with Gasteiger partial charge in [-0.15, -0.1) is 0 Å². The number of ether oxygens (including phenoxy) is 2. The molecule has 0 radical (unpaired) electrons. The fraction of sp³-hybridized carbons (Fsp3) is 0.261. The molecule has 6 nitrogen and oxygen atoms in total. The molecule has 168 valence electrons. The number of carbonyl (C=O) groups is 2. The van der Waals surface area contributed by atoms with Gasteiger partial charge in [0.15, 0.2) is 17.5 Å². The van der Waals surface area contributed by atoms with Gasteiger partial charge in [0, 0.05) is 0 Å². The van der Waals surface area contributed by atoms with Gasteiger partial charge in [0.25, 0.3) is 5.91 Å². The molecule has 32 heavy (non-hydrogen) atoms. The predicted molar refractivity (Wildman–Crippen MR) is 133 cm³/mol. The molecule has 2 aromatic rings. The first-order chi connectivity index (χ1) is 15.4. The molecular formula is C23H22BrNO5S2. The third kappa shape index (κ3) is 5.33. The number of carboxylic acids is 1. The number of aliphatic carboxylic acids is 1. The van der Waals surface area contributed by atoms with Gasteiger partial charge in [-0.25, -0.2) is 4.79 Å². The summed E-state index contributed by atoms with van der Waals surface area (Å²) < 4.78 is 12.4. The van der Waals surface area contributed by atoms with Crippen molar-refractivity contribution in [2.24, 2.45) is 0 Å². The Morgan fingerprint density at radius 3 is 2.59 bits per heavy atom. The van der Waals surface area contributed by atoms with E-state index in [1.54, 1.807) is 42.5 Å². The van der Waals surface area contributed by atoms with Gasteiger partial charge in [0.05, 0.1) is 22.6 Å². The van der Waals surface area contributed by atoms with Crippen molar-refractivity contribution in [1.82, 2.24) is 4.90 Å². The number of carbonyl (C=O) groups excluding carboxylic acids is 1. The number of amides is 1. The third-order valence-corrected chi connectivity index (χ3v) is 6.43. The maximum absolute atomic E-state index is 13.2. The Bertz CT molecular complexity index is 1060. The molecule has 1 fully saturated rings. The third-order valence-electron chi connectivity index (χ3n) is 4.51. The quantitative estimate of drug-likeness (QED) is 0.327.